The number of hydrogen-bond donors (Lipinski definition) is 2. The van der Waals surface area contributed by atoms with E-state index in [9.17, 15) is 4.79 Å². The molecule has 5 heteroatoms. The molecule has 1 aliphatic rings. The fourth-order valence-electron chi connectivity index (χ4n) is 2.04. The molecule has 3 N–H and O–H groups in total. The lowest BCUT2D eigenvalue weighted by molar-refractivity contribution is -0.124. The molecule has 0 saturated carbocycles. The average Bonchev–Trinajstić information content (AvgIpc) is 2.37. The van der Waals surface area contributed by atoms with Gasteiger partial charge in [0.2, 0.25) is 5.91 Å². The van der Waals surface area contributed by atoms with Gasteiger partial charge in [0.1, 0.15) is 0 Å². The molecule has 1 fully saturated rings. The summed E-state index contributed by atoms with van der Waals surface area (Å²) >= 11 is 0. The Hall–Kier alpha value is -0.650. The maximum absolute atomic E-state index is 11.9. The molecule has 18 heavy (non-hydrogen) atoms. The predicted molar refractivity (Wildman–Crippen MR) is 72.3 cm³/mol. The normalized spacial score (nSPS) is 22.6. The van der Waals surface area contributed by atoms with Gasteiger partial charge in [-0.3, -0.25) is 9.69 Å². The summed E-state index contributed by atoms with van der Waals surface area (Å²) in [6.45, 7) is 11.5. The molecule has 1 heterocycles. The summed E-state index contributed by atoms with van der Waals surface area (Å²) in [7, 11) is 0. The van der Waals surface area contributed by atoms with E-state index in [0.717, 1.165) is 26.3 Å². The van der Waals surface area contributed by atoms with Gasteiger partial charge < -0.3 is 15.8 Å². The third kappa shape index (κ3) is 4.23. The summed E-state index contributed by atoms with van der Waals surface area (Å²) in [5, 5.41) is 3.01. The molecule has 106 valence electrons. The molecule has 1 amide bonds. The van der Waals surface area contributed by atoms with Crippen molar-refractivity contribution in [3.05, 3.63) is 0 Å². The van der Waals surface area contributed by atoms with Crippen molar-refractivity contribution in [1.82, 2.24) is 10.2 Å². The maximum atomic E-state index is 11.9. The van der Waals surface area contributed by atoms with Gasteiger partial charge in [-0.2, -0.15) is 0 Å². The van der Waals surface area contributed by atoms with Crippen LogP contribution in [0.5, 0.6) is 0 Å². The molecule has 0 radical (unpaired) electrons. The van der Waals surface area contributed by atoms with Crippen molar-refractivity contribution in [2.75, 3.05) is 26.3 Å². The first-order valence-corrected chi connectivity index (χ1v) is 6.81. The topological polar surface area (TPSA) is 67.6 Å². The van der Waals surface area contributed by atoms with E-state index in [0.29, 0.717) is 6.04 Å². The number of ether oxygens (including phenoxy) is 1. The van der Waals surface area contributed by atoms with Crippen LogP contribution < -0.4 is 11.1 Å². The molecular formula is C13H27N3O2. The lowest BCUT2D eigenvalue weighted by Crippen LogP contribution is -2.55. The Morgan fingerprint density at radius 2 is 1.78 bits per heavy atom. The summed E-state index contributed by atoms with van der Waals surface area (Å²) in [4.78, 5) is 14.2. The zero-order valence-electron chi connectivity index (χ0n) is 12.0. The number of carbonyl (C=O) groups is 1. The highest BCUT2D eigenvalue weighted by molar-refractivity contribution is 5.82. The Labute approximate surface area is 110 Å². The Morgan fingerprint density at radius 1 is 1.22 bits per heavy atom. The molecule has 0 spiro atoms. The third-order valence-corrected chi connectivity index (χ3v) is 3.74. The summed E-state index contributed by atoms with van der Waals surface area (Å²) in [5.74, 6) is 0.105. The largest absolute Gasteiger partial charge is 0.379 e. The highest BCUT2D eigenvalue weighted by atomic mass is 16.5. The average molecular weight is 257 g/mol. The Bertz CT molecular complexity index is 265. The predicted octanol–water partition coefficient (Wildman–Crippen LogP) is 0.195. The van der Waals surface area contributed by atoms with Crippen LogP contribution in [-0.4, -0.2) is 55.2 Å². The van der Waals surface area contributed by atoms with Crippen LogP contribution >= 0.6 is 0 Å². The van der Waals surface area contributed by atoms with Crippen LogP contribution in [0.2, 0.25) is 0 Å². The van der Waals surface area contributed by atoms with E-state index in [2.05, 4.69) is 17.1 Å². The molecule has 0 aromatic carbocycles. The van der Waals surface area contributed by atoms with E-state index in [1.165, 1.54) is 0 Å². The van der Waals surface area contributed by atoms with E-state index in [1.54, 1.807) is 0 Å². The second-order valence-corrected chi connectivity index (χ2v) is 5.46. The van der Waals surface area contributed by atoms with Gasteiger partial charge in [-0.1, -0.05) is 13.8 Å². The first-order valence-electron chi connectivity index (χ1n) is 6.81. The van der Waals surface area contributed by atoms with Gasteiger partial charge in [0.05, 0.1) is 19.3 Å². The van der Waals surface area contributed by atoms with Crippen molar-refractivity contribution in [1.29, 1.82) is 0 Å². The van der Waals surface area contributed by atoms with Crippen LogP contribution in [0.1, 0.15) is 27.7 Å². The summed E-state index contributed by atoms with van der Waals surface area (Å²) in [6.07, 6.45) is 0. The number of nitrogens with zero attached hydrogens (tertiary/aromatic N) is 1. The molecule has 1 rings (SSSR count). The first-order chi connectivity index (χ1) is 8.43. The van der Waals surface area contributed by atoms with Crippen molar-refractivity contribution in [2.24, 2.45) is 11.7 Å². The molecule has 0 aromatic rings. The molecule has 3 atom stereocenters. The summed E-state index contributed by atoms with van der Waals surface area (Å²) in [5.41, 5.74) is 5.84. The summed E-state index contributed by atoms with van der Waals surface area (Å²) < 4.78 is 5.33. The Balaban J connectivity index is 2.43. The minimum Gasteiger partial charge on any atom is -0.379 e. The number of nitrogens with two attached hydrogens (primary N) is 1. The second kappa shape index (κ2) is 7.07. The van der Waals surface area contributed by atoms with Crippen LogP contribution in [0.15, 0.2) is 0 Å². The van der Waals surface area contributed by atoms with E-state index in [-0.39, 0.29) is 17.9 Å². The van der Waals surface area contributed by atoms with Gasteiger partial charge in [0, 0.05) is 25.2 Å². The number of rotatable bonds is 5. The van der Waals surface area contributed by atoms with Crippen molar-refractivity contribution in [2.45, 2.75) is 45.8 Å². The molecule has 2 unspecified atom stereocenters. The second-order valence-electron chi connectivity index (χ2n) is 5.46. The minimum absolute atomic E-state index is 0.0578. The van der Waals surface area contributed by atoms with Crippen molar-refractivity contribution in [3.63, 3.8) is 0 Å². The standard InChI is InChI=1S/C13H27N3O2/c1-9(2)12(14)13(17)15-10(3)11(4)16-5-7-18-8-6-16/h9-12H,5-8,14H2,1-4H3,(H,15,17)/t10?,11?,12-/m0/s1. The Kier molecular flexibility index (Phi) is 6.05. The van der Waals surface area contributed by atoms with Crippen molar-refractivity contribution >= 4 is 5.91 Å². The van der Waals surface area contributed by atoms with E-state index in [4.69, 9.17) is 10.5 Å². The zero-order chi connectivity index (χ0) is 13.7. The van der Waals surface area contributed by atoms with Crippen LogP contribution in [0, 0.1) is 5.92 Å². The third-order valence-electron chi connectivity index (χ3n) is 3.74. The zero-order valence-corrected chi connectivity index (χ0v) is 12.0. The van der Waals surface area contributed by atoms with E-state index >= 15 is 0 Å². The molecule has 0 aromatic heterocycles. The highest BCUT2D eigenvalue weighted by Crippen LogP contribution is 2.08. The van der Waals surface area contributed by atoms with E-state index in [1.807, 2.05) is 20.8 Å². The van der Waals surface area contributed by atoms with Gasteiger partial charge in [-0.25, -0.2) is 0 Å². The molecule has 1 saturated heterocycles. The summed E-state index contributed by atoms with van der Waals surface area (Å²) in [6, 6.07) is -0.0260. The maximum Gasteiger partial charge on any atom is 0.237 e. The molecule has 0 aliphatic carbocycles. The van der Waals surface area contributed by atoms with Crippen LogP contribution in [0.3, 0.4) is 0 Å². The lowest BCUT2D eigenvalue weighted by atomic mass is 10.0. The minimum atomic E-state index is -0.427. The number of morpholine rings is 1. The van der Waals surface area contributed by atoms with Gasteiger partial charge in [0.25, 0.3) is 0 Å². The van der Waals surface area contributed by atoms with Crippen molar-refractivity contribution in [3.8, 4) is 0 Å². The number of hydrogen-bond acceptors (Lipinski definition) is 4. The van der Waals surface area contributed by atoms with Crippen LogP contribution in [0.25, 0.3) is 0 Å². The smallest absolute Gasteiger partial charge is 0.237 e. The molecule has 1 aliphatic heterocycles. The van der Waals surface area contributed by atoms with Gasteiger partial charge >= 0.3 is 0 Å². The van der Waals surface area contributed by atoms with Crippen molar-refractivity contribution < 1.29 is 9.53 Å². The van der Waals surface area contributed by atoms with E-state index < -0.39 is 6.04 Å². The molecule has 0 bridgehead atoms. The van der Waals surface area contributed by atoms with Crippen LogP contribution in [0.4, 0.5) is 0 Å². The quantitative estimate of drug-likeness (QED) is 0.738. The first kappa shape index (κ1) is 15.4. The van der Waals surface area contributed by atoms with Crippen LogP contribution in [-0.2, 0) is 9.53 Å². The fourth-order valence-corrected chi connectivity index (χ4v) is 2.04. The highest BCUT2D eigenvalue weighted by Gasteiger charge is 2.25. The molecule has 5 nitrogen and oxygen atoms in total. The van der Waals surface area contributed by atoms with Gasteiger partial charge in [-0.15, -0.1) is 0 Å². The number of amides is 1. The van der Waals surface area contributed by atoms with Gasteiger partial charge in [0.15, 0.2) is 0 Å². The SMILES string of the molecule is CC(NC(=O)[C@@H](N)C(C)C)C(C)N1CCOCC1. The lowest BCUT2D eigenvalue weighted by Gasteiger charge is -2.36. The number of carbonyl (C=O) groups excluding carboxylic acids is 1. The fraction of sp³-hybridized carbons (Fsp3) is 0.923. The van der Waals surface area contributed by atoms with Gasteiger partial charge in [-0.05, 0) is 19.8 Å². The monoisotopic (exact) mass is 257 g/mol. The Morgan fingerprint density at radius 3 is 2.28 bits per heavy atom. The molecular weight excluding hydrogens is 230 g/mol. The number of nitrogens with one attached hydrogen (secondary N) is 1.